The second-order valence-corrected chi connectivity index (χ2v) is 5.64. The molecule has 3 rings (SSSR count). The van der Waals surface area contributed by atoms with Crippen molar-refractivity contribution >= 4 is 22.9 Å². The molecule has 1 aromatic heterocycles. The third kappa shape index (κ3) is 3.28. The zero-order chi connectivity index (χ0) is 16.4. The van der Waals surface area contributed by atoms with Crippen LogP contribution >= 0.6 is 0 Å². The fourth-order valence-corrected chi connectivity index (χ4v) is 2.82. The summed E-state index contributed by atoms with van der Waals surface area (Å²) in [6.45, 7) is 4.15. The molecule has 0 aliphatic carbocycles. The minimum Gasteiger partial charge on any atom is -0.408 e. The third-order valence-electron chi connectivity index (χ3n) is 4.13. The fourth-order valence-electron chi connectivity index (χ4n) is 2.82. The average molecular weight is 317 g/mol. The normalized spacial score (nSPS) is 15.2. The molecule has 0 unspecified atom stereocenters. The lowest BCUT2D eigenvalue weighted by atomic mass is 10.1. The van der Waals surface area contributed by atoms with Crippen molar-refractivity contribution in [3.05, 3.63) is 34.3 Å². The largest absolute Gasteiger partial charge is 0.417 e. The van der Waals surface area contributed by atoms with Gasteiger partial charge in [0, 0.05) is 32.6 Å². The number of hydrogen-bond acceptors (Lipinski definition) is 4. The maximum Gasteiger partial charge on any atom is 0.417 e. The first-order chi connectivity index (χ1) is 11.1. The van der Waals surface area contributed by atoms with E-state index in [4.69, 9.17) is 4.42 Å². The Labute approximate surface area is 132 Å². The highest BCUT2D eigenvalue weighted by molar-refractivity contribution is 5.81. The van der Waals surface area contributed by atoms with Crippen molar-refractivity contribution in [3.8, 4) is 0 Å². The minimum absolute atomic E-state index is 0.0267. The lowest BCUT2D eigenvalue weighted by Gasteiger charge is -2.34. The molecule has 1 N–H and O–H groups in total. The van der Waals surface area contributed by atoms with Gasteiger partial charge in [0.2, 0.25) is 11.8 Å². The number of benzene rings is 1. The molecular weight excluding hydrogens is 298 g/mol. The van der Waals surface area contributed by atoms with Crippen LogP contribution in [-0.4, -0.2) is 52.8 Å². The SMILES string of the molecule is CCC(=O)N1CCN(C(=O)Cc2ccc3oc(=O)[nH]c3c2)CC1. The minimum atomic E-state index is -0.500. The fraction of sp³-hybridized carbons (Fsp3) is 0.438. The summed E-state index contributed by atoms with van der Waals surface area (Å²) in [7, 11) is 0. The van der Waals surface area contributed by atoms with Crippen LogP contribution < -0.4 is 5.76 Å². The summed E-state index contributed by atoms with van der Waals surface area (Å²) in [6.07, 6.45) is 0.766. The monoisotopic (exact) mass is 317 g/mol. The summed E-state index contributed by atoms with van der Waals surface area (Å²) in [5.74, 6) is -0.342. The molecule has 1 aliphatic heterocycles. The first-order valence-corrected chi connectivity index (χ1v) is 7.74. The smallest absolute Gasteiger partial charge is 0.408 e. The second-order valence-electron chi connectivity index (χ2n) is 5.64. The topological polar surface area (TPSA) is 86.6 Å². The number of aromatic amines is 1. The number of rotatable bonds is 3. The van der Waals surface area contributed by atoms with E-state index in [-0.39, 0.29) is 18.2 Å². The Morgan fingerprint density at radius 3 is 2.43 bits per heavy atom. The average Bonchev–Trinajstić information content (AvgIpc) is 2.93. The summed E-state index contributed by atoms with van der Waals surface area (Å²) in [6, 6.07) is 5.23. The Kier molecular flexibility index (Phi) is 4.18. The van der Waals surface area contributed by atoms with E-state index in [1.807, 2.05) is 6.92 Å². The van der Waals surface area contributed by atoms with Gasteiger partial charge < -0.3 is 14.2 Å². The first kappa shape index (κ1) is 15.3. The van der Waals surface area contributed by atoms with E-state index in [9.17, 15) is 14.4 Å². The van der Waals surface area contributed by atoms with Crippen LogP contribution in [0.15, 0.2) is 27.4 Å². The summed E-state index contributed by atoms with van der Waals surface area (Å²) in [5.41, 5.74) is 1.91. The Morgan fingerprint density at radius 1 is 1.13 bits per heavy atom. The van der Waals surface area contributed by atoms with Crippen molar-refractivity contribution in [1.82, 2.24) is 14.8 Å². The first-order valence-electron chi connectivity index (χ1n) is 7.74. The summed E-state index contributed by atoms with van der Waals surface area (Å²) >= 11 is 0. The van der Waals surface area contributed by atoms with Gasteiger partial charge >= 0.3 is 5.76 Å². The molecule has 2 heterocycles. The molecule has 0 radical (unpaired) electrons. The number of carbonyl (C=O) groups excluding carboxylic acids is 2. The van der Waals surface area contributed by atoms with Crippen molar-refractivity contribution in [1.29, 1.82) is 0 Å². The molecule has 1 aromatic carbocycles. The van der Waals surface area contributed by atoms with E-state index in [1.165, 1.54) is 0 Å². The molecule has 0 spiro atoms. The number of nitrogens with zero attached hydrogens (tertiary/aromatic N) is 2. The number of piperazine rings is 1. The molecule has 23 heavy (non-hydrogen) atoms. The van der Waals surface area contributed by atoms with Gasteiger partial charge in [0.05, 0.1) is 11.9 Å². The van der Waals surface area contributed by atoms with Gasteiger partial charge in [-0.2, -0.15) is 0 Å². The highest BCUT2D eigenvalue weighted by Crippen LogP contribution is 2.14. The van der Waals surface area contributed by atoms with E-state index in [0.717, 1.165) is 5.56 Å². The van der Waals surface area contributed by atoms with Crippen molar-refractivity contribution in [2.75, 3.05) is 26.2 Å². The molecular formula is C16H19N3O4. The molecule has 1 aliphatic rings. The van der Waals surface area contributed by atoms with Crippen LogP contribution in [0.1, 0.15) is 18.9 Å². The van der Waals surface area contributed by atoms with Gasteiger partial charge in [0.15, 0.2) is 5.58 Å². The van der Waals surface area contributed by atoms with Gasteiger partial charge in [0.25, 0.3) is 0 Å². The lowest BCUT2D eigenvalue weighted by molar-refractivity contribution is -0.139. The van der Waals surface area contributed by atoms with Gasteiger partial charge in [-0.25, -0.2) is 4.79 Å². The third-order valence-corrected chi connectivity index (χ3v) is 4.13. The quantitative estimate of drug-likeness (QED) is 0.905. The van der Waals surface area contributed by atoms with Crippen LogP contribution in [0, 0.1) is 0 Å². The van der Waals surface area contributed by atoms with Crippen molar-refractivity contribution < 1.29 is 14.0 Å². The predicted molar refractivity (Wildman–Crippen MR) is 84.0 cm³/mol. The van der Waals surface area contributed by atoms with Gasteiger partial charge in [-0.15, -0.1) is 0 Å². The number of aromatic nitrogens is 1. The number of nitrogens with one attached hydrogen (secondary N) is 1. The maximum atomic E-state index is 12.4. The molecule has 1 saturated heterocycles. The van der Waals surface area contributed by atoms with Crippen LogP contribution in [0.2, 0.25) is 0 Å². The standard InChI is InChI=1S/C16H19N3O4/c1-2-14(20)18-5-7-19(8-6-18)15(21)10-11-3-4-13-12(9-11)17-16(22)23-13/h3-4,9H,2,5-8,10H2,1H3,(H,17,22). The van der Waals surface area contributed by atoms with E-state index < -0.39 is 5.76 Å². The zero-order valence-electron chi connectivity index (χ0n) is 13.0. The Bertz CT molecular complexity index is 784. The molecule has 0 atom stereocenters. The number of carbonyl (C=O) groups is 2. The molecule has 7 heteroatoms. The molecule has 2 aromatic rings. The van der Waals surface area contributed by atoms with Crippen molar-refractivity contribution in [2.24, 2.45) is 0 Å². The second kappa shape index (κ2) is 6.28. The molecule has 122 valence electrons. The van der Waals surface area contributed by atoms with Crippen LogP contribution in [0.3, 0.4) is 0 Å². The summed E-state index contributed by atoms with van der Waals surface area (Å²) in [4.78, 5) is 41.3. The van der Waals surface area contributed by atoms with Gasteiger partial charge in [-0.1, -0.05) is 13.0 Å². The molecule has 1 fully saturated rings. The van der Waals surface area contributed by atoms with Gasteiger partial charge in [-0.05, 0) is 17.7 Å². The molecule has 0 bridgehead atoms. The van der Waals surface area contributed by atoms with Crippen LogP contribution in [-0.2, 0) is 16.0 Å². The van der Waals surface area contributed by atoms with Crippen LogP contribution in [0.5, 0.6) is 0 Å². The summed E-state index contributed by atoms with van der Waals surface area (Å²) < 4.78 is 4.95. The maximum absolute atomic E-state index is 12.4. The van der Waals surface area contributed by atoms with E-state index in [0.29, 0.717) is 43.7 Å². The highest BCUT2D eigenvalue weighted by Gasteiger charge is 2.23. The van der Waals surface area contributed by atoms with Crippen molar-refractivity contribution in [2.45, 2.75) is 19.8 Å². The number of H-pyrrole nitrogens is 1. The lowest BCUT2D eigenvalue weighted by Crippen LogP contribution is -2.50. The number of oxazole rings is 1. The van der Waals surface area contributed by atoms with Gasteiger partial charge in [-0.3, -0.25) is 14.6 Å². The van der Waals surface area contributed by atoms with Crippen LogP contribution in [0.25, 0.3) is 11.1 Å². The molecule has 2 amide bonds. The molecule has 0 saturated carbocycles. The number of hydrogen-bond donors (Lipinski definition) is 1. The van der Waals surface area contributed by atoms with Gasteiger partial charge in [0.1, 0.15) is 0 Å². The highest BCUT2D eigenvalue weighted by atomic mass is 16.4. The number of fused-ring (bicyclic) bond motifs is 1. The summed E-state index contributed by atoms with van der Waals surface area (Å²) in [5, 5.41) is 0. The van der Waals surface area contributed by atoms with Crippen LogP contribution in [0.4, 0.5) is 0 Å². The van der Waals surface area contributed by atoms with Crippen molar-refractivity contribution in [3.63, 3.8) is 0 Å². The van der Waals surface area contributed by atoms with E-state index >= 15 is 0 Å². The number of amides is 2. The Morgan fingerprint density at radius 2 is 1.78 bits per heavy atom. The van der Waals surface area contributed by atoms with E-state index in [2.05, 4.69) is 4.98 Å². The van der Waals surface area contributed by atoms with E-state index in [1.54, 1.807) is 28.0 Å². The zero-order valence-corrected chi connectivity index (χ0v) is 13.0. The molecule has 7 nitrogen and oxygen atoms in total. The Balaban J connectivity index is 1.62. The predicted octanol–water partition coefficient (Wildman–Crippen LogP) is 0.744. The Hall–Kier alpha value is -2.57.